The molecule has 0 fully saturated rings. The first-order valence-corrected chi connectivity index (χ1v) is 7.63. The first kappa shape index (κ1) is 15.7. The molecule has 0 saturated carbocycles. The second-order valence-corrected chi connectivity index (χ2v) is 6.84. The smallest absolute Gasteiger partial charge is 0.409 e. The number of carbonyl (C=O) groups excluding carboxylic acids is 1. The largest absolute Gasteiger partial charge is 0.410 e. The van der Waals surface area contributed by atoms with Crippen molar-refractivity contribution in [1.82, 2.24) is 0 Å². The fraction of sp³-hybridized carbons (Fsp3) is 0.588. The zero-order valence-electron chi connectivity index (χ0n) is 13.7. The lowest BCUT2D eigenvalue weighted by atomic mass is 9.77. The summed E-state index contributed by atoms with van der Waals surface area (Å²) >= 11 is 0. The second kappa shape index (κ2) is 5.24. The van der Waals surface area contributed by atoms with E-state index < -0.39 is 6.09 Å². The molecule has 0 unspecified atom stereocenters. The molecule has 0 aliphatic carbocycles. The van der Waals surface area contributed by atoms with Gasteiger partial charge in [-0.3, -0.25) is 0 Å². The summed E-state index contributed by atoms with van der Waals surface area (Å²) in [6.07, 6.45) is 1.35. The Morgan fingerprint density at radius 3 is 2.43 bits per heavy atom. The molecule has 116 valence electrons. The van der Waals surface area contributed by atoms with Crippen LogP contribution in [0.3, 0.4) is 0 Å². The van der Waals surface area contributed by atoms with Gasteiger partial charge in [-0.05, 0) is 57.4 Å². The highest BCUT2D eigenvalue weighted by atomic mass is 16.5. The molecule has 2 N–H and O–H groups in total. The third-order valence-electron chi connectivity index (χ3n) is 4.67. The highest BCUT2D eigenvalue weighted by Crippen LogP contribution is 2.48. The van der Waals surface area contributed by atoms with Crippen molar-refractivity contribution in [2.45, 2.75) is 58.4 Å². The predicted molar refractivity (Wildman–Crippen MR) is 86.0 cm³/mol. The first-order chi connectivity index (χ1) is 9.73. The van der Waals surface area contributed by atoms with Gasteiger partial charge in [0.25, 0.3) is 0 Å². The summed E-state index contributed by atoms with van der Waals surface area (Å²) in [6.45, 7) is 12.1. The molecule has 1 aromatic rings. The molecule has 4 nitrogen and oxygen atoms in total. The van der Waals surface area contributed by atoms with Crippen LogP contribution in [0.1, 0.15) is 53.0 Å². The number of amides is 1. The number of rotatable bonds is 3. The van der Waals surface area contributed by atoms with Gasteiger partial charge >= 0.3 is 6.09 Å². The molecular formula is C17H26N2O2. The van der Waals surface area contributed by atoms with Crippen molar-refractivity contribution < 1.29 is 9.53 Å². The number of nitrogens with zero attached hydrogens (tertiary/aromatic N) is 1. The van der Waals surface area contributed by atoms with E-state index in [1.807, 2.05) is 18.2 Å². The quantitative estimate of drug-likeness (QED) is 0.920. The van der Waals surface area contributed by atoms with Crippen LogP contribution in [0.25, 0.3) is 0 Å². The average Bonchev–Trinajstić information content (AvgIpc) is 2.72. The summed E-state index contributed by atoms with van der Waals surface area (Å²) in [5, 5.41) is 0. The molecule has 0 bridgehead atoms. The third kappa shape index (κ3) is 2.71. The van der Waals surface area contributed by atoms with E-state index in [0.29, 0.717) is 5.75 Å². The van der Waals surface area contributed by atoms with Gasteiger partial charge in [0.1, 0.15) is 5.75 Å². The lowest BCUT2D eigenvalue weighted by Gasteiger charge is -2.37. The van der Waals surface area contributed by atoms with Gasteiger partial charge in [-0.15, -0.1) is 0 Å². The molecule has 4 heteroatoms. The predicted octanol–water partition coefficient (Wildman–Crippen LogP) is 3.82. The number of ether oxygens (including phenoxy) is 1. The Morgan fingerprint density at radius 2 is 1.95 bits per heavy atom. The lowest BCUT2D eigenvalue weighted by molar-refractivity contribution is 0.211. The van der Waals surface area contributed by atoms with Gasteiger partial charge in [0.05, 0.1) is 0 Å². The minimum atomic E-state index is -0.765. The molecule has 1 aliphatic rings. The van der Waals surface area contributed by atoms with Crippen LogP contribution in [-0.2, 0) is 5.41 Å². The van der Waals surface area contributed by atoms with Crippen molar-refractivity contribution in [3.8, 4) is 5.75 Å². The van der Waals surface area contributed by atoms with Gasteiger partial charge in [-0.1, -0.05) is 13.8 Å². The maximum absolute atomic E-state index is 11.0. The van der Waals surface area contributed by atoms with Crippen LogP contribution in [0, 0.1) is 0 Å². The van der Waals surface area contributed by atoms with E-state index in [4.69, 9.17) is 10.5 Å². The molecule has 1 heterocycles. The monoisotopic (exact) mass is 290 g/mol. The molecule has 1 aromatic carbocycles. The minimum Gasteiger partial charge on any atom is -0.410 e. The van der Waals surface area contributed by atoms with Crippen molar-refractivity contribution in [3.63, 3.8) is 0 Å². The van der Waals surface area contributed by atoms with Gasteiger partial charge in [0.15, 0.2) is 0 Å². The Morgan fingerprint density at radius 1 is 1.33 bits per heavy atom. The Hall–Kier alpha value is -1.71. The maximum atomic E-state index is 11.0. The maximum Gasteiger partial charge on any atom is 0.409 e. The summed E-state index contributed by atoms with van der Waals surface area (Å²) in [5.41, 5.74) is 7.80. The van der Waals surface area contributed by atoms with E-state index in [2.05, 4.69) is 39.5 Å². The van der Waals surface area contributed by atoms with Gasteiger partial charge in [-0.25, -0.2) is 4.79 Å². The van der Waals surface area contributed by atoms with Gasteiger partial charge in [-0.2, -0.15) is 0 Å². The number of primary amides is 1. The Balaban J connectivity index is 2.54. The topological polar surface area (TPSA) is 55.6 Å². The lowest BCUT2D eigenvalue weighted by Crippen LogP contribution is -2.44. The molecule has 0 spiro atoms. The van der Waals surface area contributed by atoms with E-state index in [1.165, 1.54) is 11.3 Å². The van der Waals surface area contributed by atoms with E-state index in [0.717, 1.165) is 19.4 Å². The van der Waals surface area contributed by atoms with E-state index in [1.54, 1.807) is 0 Å². The number of carbonyl (C=O) groups is 1. The molecule has 1 aliphatic heterocycles. The zero-order valence-corrected chi connectivity index (χ0v) is 13.7. The molecule has 0 radical (unpaired) electrons. The van der Waals surface area contributed by atoms with Gasteiger partial charge in [0.2, 0.25) is 0 Å². The van der Waals surface area contributed by atoms with Gasteiger partial charge < -0.3 is 15.4 Å². The van der Waals surface area contributed by atoms with Crippen LogP contribution in [-0.4, -0.2) is 18.2 Å². The molecule has 0 aromatic heterocycles. The van der Waals surface area contributed by atoms with E-state index in [-0.39, 0.29) is 11.0 Å². The molecule has 21 heavy (non-hydrogen) atoms. The fourth-order valence-corrected chi connectivity index (χ4v) is 3.28. The van der Waals surface area contributed by atoms with Crippen molar-refractivity contribution >= 4 is 11.8 Å². The SMILES string of the molecule is CCC1(CC)CN(C(C)(C)C)c2ccc(OC(N)=O)cc21. The van der Waals surface area contributed by atoms with E-state index in [9.17, 15) is 4.79 Å². The summed E-state index contributed by atoms with van der Waals surface area (Å²) in [6, 6.07) is 5.86. The summed E-state index contributed by atoms with van der Waals surface area (Å²) < 4.78 is 5.06. The number of hydrogen-bond acceptors (Lipinski definition) is 3. The third-order valence-corrected chi connectivity index (χ3v) is 4.67. The fourth-order valence-electron chi connectivity index (χ4n) is 3.28. The molecule has 0 atom stereocenters. The Labute approximate surface area is 127 Å². The van der Waals surface area contributed by atoms with Crippen molar-refractivity contribution in [2.24, 2.45) is 5.73 Å². The Kier molecular flexibility index (Phi) is 3.91. The number of benzene rings is 1. The number of anilines is 1. The van der Waals surface area contributed by atoms with Crippen LogP contribution in [0.5, 0.6) is 5.75 Å². The molecule has 2 rings (SSSR count). The molecule has 0 saturated heterocycles. The summed E-state index contributed by atoms with van der Waals surface area (Å²) in [5.74, 6) is 0.531. The van der Waals surface area contributed by atoms with Crippen LogP contribution in [0.2, 0.25) is 0 Å². The zero-order chi connectivity index (χ0) is 15.8. The Bertz CT molecular complexity index is 542. The summed E-state index contributed by atoms with van der Waals surface area (Å²) in [7, 11) is 0. The summed E-state index contributed by atoms with van der Waals surface area (Å²) in [4.78, 5) is 13.4. The molecular weight excluding hydrogens is 264 g/mol. The van der Waals surface area contributed by atoms with E-state index >= 15 is 0 Å². The van der Waals surface area contributed by atoms with Gasteiger partial charge in [0, 0.05) is 23.2 Å². The number of fused-ring (bicyclic) bond motifs is 1. The normalized spacial score (nSPS) is 16.7. The van der Waals surface area contributed by atoms with Crippen molar-refractivity contribution in [2.75, 3.05) is 11.4 Å². The second-order valence-electron chi connectivity index (χ2n) is 6.84. The highest BCUT2D eigenvalue weighted by Gasteiger charge is 2.43. The number of nitrogens with two attached hydrogens (primary N) is 1. The van der Waals surface area contributed by atoms with Crippen molar-refractivity contribution in [3.05, 3.63) is 23.8 Å². The van der Waals surface area contributed by atoms with Crippen LogP contribution >= 0.6 is 0 Å². The number of hydrogen-bond donors (Lipinski definition) is 1. The standard InChI is InChI=1S/C17H26N2O2/c1-6-17(7-2)11-19(16(3,4)5)14-9-8-12(10-13(14)17)21-15(18)20/h8-10H,6-7,11H2,1-5H3,(H2,18,20). The van der Waals surface area contributed by atoms with Crippen LogP contribution in [0.4, 0.5) is 10.5 Å². The molecule has 1 amide bonds. The van der Waals surface area contributed by atoms with Crippen LogP contribution in [0.15, 0.2) is 18.2 Å². The average molecular weight is 290 g/mol. The van der Waals surface area contributed by atoms with Crippen molar-refractivity contribution in [1.29, 1.82) is 0 Å². The van der Waals surface area contributed by atoms with Crippen LogP contribution < -0.4 is 15.4 Å². The first-order valence-electron chi connectivity index (χ1n) is 7.63. The highest BCUT2D eigenvalue weighted by molar-refractivity contribution is 5.71. The minimum absolute atomic E-state index is 0.0624.